The average molecular weight is 164 g/mol. The molecule has 0 fully saturated rings. The lowest BCUT2D eigenvalue weighted by atomic mass is 10.1. The van der Waals surface area contributed by atoms with Gasteiger partial charge in [-0.2, -0.15) is 0 Å². The fraction of sp³-hybridized carbons (Fsp3) is 1.00. The zero-order valence-electron chi connectivity index (χ0n) is 6.78. The van der Waals surface area contributed by atoms with Crippen molar-refractivity contribution in [3.63, 3.8) is 0 Å². The average Bonchev–Trinajstić information content (AvgIpc) is 1.98. The first kappa shape index (κ1) is 10.2. The Bertz CT molecular complexity index is 66.3. The molecule has 1 nitrogen and oxygen atoms in total. The van der Waals surface area contributed by atoms with Crippen molar-refractivity contribution < 1.29 is 0 Å². The van der Waals surface area contributed by atoms with Crippen molar-refractivity contribution in [1.82, 2.24) is 0 Å². The van der Waals surface area contributed by atoms with Gasteiger partial charge in [-0.15, -0.1) is 11.6 Å². The van der Waals surface area contributed by atoms with Gasteiger partial charge in [-0.3, -0.25) is 0 Å². The highest BCUT2D eigenvalue weighted by Crippen LogP contribution is 2.08. The minimum absolute atomic E-state index is 0.205. The van der Waals surface area contributed by atoms with E-state index >= 15 is 0 Å². The largest absolute Gasteiger partial charge is 0.329 e. The van der Waals surface area contributed by atoms with Gasteiger partial charge in [-0.25, -0.2) is 0 Å². The van der Waals surface area contributed by atoms with Crippen molar-refractivity contribution in [2.24, 2.45) is 5.73 Å². The number of hydrogen-bond acceptors (Lipinski definition) is 1. The van der Waals surface area contributed by atoms with Crippen LogP contribution < -0.4 is 5.73 Å². The maximum atomic E-state index is 5.82. The monoisotopic (exact) mass is 163 g/mol. The van der Waals surface area contributed by atoms with Gasteiger partial charge in [0.15, 0.2) is 0 Å². The molecule has 0 aliphatic carbocycles. The SMILES string of the molecule is CCCCCCC(Cl)CN. The molecule has 0 rings (SSSR count). The summed E-state index contributed by atoms with van der Waals surface area (Å²) in [6.07, 6.45) is 6.24. The summed E-state index contributed by atoms with van der Waals surface area (Å²) in [4.78, 5) is 0. The van der Waals surface area contributed by atoms with E-state index in [4.69, 9.17) is 17.3 Å². The number of unbranched alkanes of at least 4 members (excludes halogenated alkanes) is 3. The third-order valence-electron chi connectivity index (χ3n) is 1.63. The van der Waals surface area contributed by atoms with Crippen LogP contribution in [-0.4, -0.2) is 11.9 Å². The minimum Gasteiger partial charge on any atom is -0.329 e. The molecule has 0 radical (unpaired) electrons. The third-order valence-corrected chi connectivity index (χ3v) is 2.02. The van der Waals surface area contributed by atoms with E-state index in [0.717, 1.165) is 6.42 Å². The van der Waals surface area contributed by atoms with Crippen molar-refractivity contribution >= 4 is 11.6 Å². The van der Waals surface area contributed by atoms with Crippen LogP contribution in [0.2, 0.25) is 0 Å². The van der Waals surface area contributed by atoms with Crippen LogP contribution in [-0.2, 0) is 0 Å². The Kier molecular flexibility index (Phi) is 7.54. The van der Waals surface area contributed by atoms with Gasteiger partial charge >= 0.3 is 0 Å². The zero-order chi connectivity index (χ0) is 7.82. The summed E-state index contributed by atoms with van der Waals surface area (Å²) in [7, 11) is 0. The number of rotatable bonds is 6. The second kappa shape index (κ2) is 7.36. The third kappa shape index (κ3) is 6.37. The van der Waals surface area contributed by atoms with E-state index in [1.54, 1.807) is 0 Å². The van der Waals surface area contributed by atoms with Crippen LogP contribution in [0.15, 0.2) is 0 Å². The molecule has 0 amide bonds. The molecule has 0 saturated carbocycles. The van der Waals surface area contributed by atoms with E-state index in [2.05, 4.69) is 6.92 Å². The summed E-state index contributed by atoms with van der Waals surface area (Å²) >= 11 is 5.82. The van der Waals surface area contributed by atoms with Gasteiger partial charge in [-0.05, 0) is 6.42 Å². The van der Waals surface area contributed by atoms with Gasteiger partial charge in [0.1, 0.15) is 0 Å². The number of hydrogen-bond donors (Lipinski definition) is 1. The Hall–Kier alpha value is 0.250. The second-order valence-electron chi connectivity index (χ2n) is 2.68. The predicted octanol–water partition coefficient (Wildman–Crippen LogP) is 2.52. The molecule has 2 heteroatoms. The van der Waals surface area contributed by atoms with Crippen LogP contribution in [0.3, 0.4) is 0 Å². The summed E-state index contributed by atoms with van der Waals surface area (Å²) in [6, 6.07) is 0. The normalized spacial score (nSPS) is 13.5. The van der Waals surface area contributed by atoms with E-state index in [0.29, 0.717) is 6.54 Å². The smallest absolute Gasteiger partial charge is 0.0458 e. The van der Waals surface area contributed by atoms with Crippen LogP contribution in [0.1, 0.15) is 39.0 Å². The highest BCUT2D eigenvalue weighted by molar-refractivity contribution is 6.20. The Morgan fingerprint density at radius 3 is 2.50 bits per heavy atom. The molecule has 0 heterocycles. The van der Waals surface area contributed by atoms with E-state index in [1.165, 1.54) is 25.7 Å². The van der Waals surface area contributed by atoms with Crippen LogP contribution in [0, 0.1) is 0 Å². The maximum absolute atomic E-state index is 5.82. The first-order chi connectivity index (χ1) is 4.81. The van der Waals surface area contributed by atoms with Gasteiger partial charge in [-0.1, -0.05) is 32.6 Å². The minimum atomic E-state index is 0.205. The molecule has 2 N–H and O–H groups in total. The predicted molar refractivity (Wildman–Crippen MR) is 47.5 cm³/mol. The van der Waals surface area contributed by atoms with Gasteiger partial charge in [0.2, 0.25) is 0 Å². The van der Waals surface area contributed by atoms with Crippen molar-refractivity contribution in [2.45, 2.75) is 44.4 Å². The molecule has 62 valence electrons. The molecule has 0 aliphatic rings. The molecule has 1 unspecified atom stereocenters. The van der Waals surface area contributed by atoms with Crippen LogP contribution in [0.4, 0.5) is 0 Å². The molecule has 0 aromatic rings. The molecule has 0 saturated heterocycles. The zero-order valence-corrected chi connectivity index (χ0v) is 7.53. The summed E-state index contributed by atoms with van der Waals surface area (Å²) < 4.78 is 0. The highest BCUT2D eigenvalue weighted by Gasteiger charge is 1.99. The van der Waals surface area contributed by atoms with Gasteiger partial charge < -0.3 is 5.73 Å². The van der Waals surface area contributed by atoms with Crippen LogP contribution in [0.25, 0.3) is 0 Å². The second-order valence-corrected chi connectivity index (χ2v) is 3.30. The summed E-state index contributed by atoms with van der Waals surface area (Å²) in [5.74, 6) is 0. The first-order valence-electron chi connectivity index (χ1n) is 4.15. The van der Waals surface area contributed by atoms with Crippen LogP contribution in [0.5, 0.6) is 0 Å². The molecule has 10 heavy (non-hydrogen) atoms. The van der Waals surface area contributed by atoms with E-state index < -0.39 is 0 Å². The molecule has 0 spiro atoms. The quantitative estimate of drug-likeness (QED) is 0.473. The lowest BCUT2D eigenvalue weighted by Crippen LogP contribution is -2.13. The van der Waals surface area contributed by atoms with Crippen LogP contribution >= 0.6 is 11.6 Å². The molecule has 0 bridgehead atoms. The summed E-state index contributed by atoms with van der Waals surface area (Å²) in [6.45, 7) is 2.83. The fourth-order valence-electron chi connectivity index (χ4n) is 0.910. The number of alkyl halides is 1. The van der Waals surface area contributed by atoms with Crippen molar-refractivity contribution in [1.29, 1.82) is 0 Å². The number of nitrogens with two attached hydrogens (primary N) is 1. The van der Waals surface area contributed by atoms with Gasteiger partial charge in [0.25, 0.3) is 0 Å². The standard InChI is InChI=1S/C8H18ClN/c1-2-3-4-5-6-8(9)7-10/h8H,2-7,10H2,1H3. The van der Waals surface area contributed by atoms with Crippen molar-refractivity contribution in [2.75, 3.05) is 6.54 Å². The lowest BCUT2D eigenvalue weighted by Gasteiger charge is -2.04. The fourth-order valence-corrected chi connectivity index (χ4v) is 1.06. The van der Waals surface area contributed by atoms with E-state index in [9.17, 15) is 0 Å². The Morgan fingerprint density at radius 1 is 1.30 bits per heavy atom. The van der Waals surface area contributed by atoms with Gasteiger partial charge in [0.05, 0.1) is 0 Å². The molecular weight excluding hydrogens is 146 g/mol. The molecule has 0 aromatic heterocycles. The molecule has 0 aliphatic heterocycles. The van der Waals surface area contributed by atoms with E-state index in [1.807, 2.05) is 0 Å². The van der Waals surface area contributed by atoms with Crippen molar-refractivity contribution in [3.8, 4) is 0 Å². The van der Waals surface area contributed by atoms with Gasteiger partial charge in [0, 0.05) is 11.9 Å². The lowest BCUT2D eigenvalue weighted by molar-refractivity contribution is 0.616. The van der Waals surface area contributed by atoms with E-state index in [-0.39, 0.29) is 5.38 Å². The summed E-state index contributed by atoms with van der Waals surface area (Å²) in [5, 5.41) is 0.205. The first-order valence-corrected chi connectivity index (χ1v) is 4.59. The molecule has 1 atom stereocenters. The Balaban J connectivity index is 2.89. The van der Waals surface area contributed by atoms with Crippen molar-refractivity contribution in [3.05, 3.63) is 0 Å². The number of halogens is 1. The molecular formula is C8H18ClN. The Morgan fingerprint density at radius 2 is 2.00 bits per heavy atom. The maximum Gasteiger partial charge on any atom is 0.0458 e. The highest BCUT2D eigenvalue weighted by atomic mass is 35.5. The molecule has 0 aromatic carbocycles. The topological polar surface area (TPSA) is 26.0 Å². The summed E-state index contributed by atoms with van der Waals surface area (Å²) in [5.41, 5.74) is 5.35. The Labute approximate surface area is 68.9 Å².